The highest BCUT2D eigenvalue weighted by Crippen LogP contribution is 2.25. The van der Waals surface area contributed by atoms with Crippen molar-refractivity contribution < 1.29 is 24.3 Å². The number of hydrogen-bond acceptors (Lipinski definition) is 6. The molecule has 10 nitrogen and oxygen atoms in total. The molecule has 1 atom stereocenters. The van der Waals surface area contributed by atoms with E-state index in [4.69, 9.17) is 11.5 Å². The van der Waals surface area contributed by atoms with Gasteiger partial charge >= 0.3 is 6.03 Å². The van der Waals surface area contributed by atoms with Gasteiger partial charge in [0.15, 0.2) is 0 Å². The Kier molecular flexibility index (Phi) is 9.56. The SMILES string of the molecule is NC(=O)NC(=O)Cc1cc2ccccc2cc1NC(=O)CCCCNC(=O)[C@@H](N)Cc1ccc(O)cc1. The van der Waals surface area contributed by atoms with Crippen LogP contribution in [0.3, 0.4) is 0 Å². The number of fused-ring (bicyclic) bond motifs is 1. The van der Waals surface area contributed by atoms with Crippen molar-refractivity contribution in [3.63, 3.8) is 0 Å². The molecule has 0 aliphatic heterocycles. The van der Waals surface area contributed by atoms with Crippen LogP contribution in [-0.4, -0.2) is 41.4 Å². The van der Waals surface area contributed by atoms with Gasteiger partial charge < -0.3 is 27.2 Å². The summed E-state index contributed by atoms with van der Waals surface area (Å²) < 4.78 is 0. The Hall–Kier alpha value is -4.44. The average Bonchev–Trinajstić information content (AvgIpc) is 2.84. The molecule has 3 aromatic carbocycles. The van der Waals surface area contributed by atoms with Gasteiger partial charge in [0.1, 0.15) is 5.75 Å². The molecule has 0 saturated carbocycles. The average molecular weight is 506 g/mol. The molecule has 10 heteroatoms. The normalized spacial score (nSPS) is 11.5. The fraction of sp³-hybridized carbons (Fsp3) is 0.259. The predicted molar refractivity (Wildman–Crippen MR) is 141 cm³/mol. The van der Waals surface area contributed by atoms with E-state index >= 15 is 0 Å². The van der Waals surface area contributed by atoms with Gasteiger partial charge in [-0.3, -0.25) is 19.7 Å². The van der Waals surface area contributed by atoms with Crippen LogP contribution in [-0.2, 0) is 27.2 Å². The lowest BCUT2D eigenvalue weighted by Crippen LogP contribution is -2.42. The zero-order valence-electron chi connectivity index (χ0n) is 20.3. The summed E-state index contributed by atoms with van der Waals surface area (Å²) in [5, 5.41) is 18.8. The minimum absolute atomic E-state index is 0.125. The number of benzene rings is 3. The Morgan fingerprint density at radius 3 is 2.24 bits per heavy atom. The lowest BCUT2D eigenvalue weighted by molar-refractivity contribution is -0.122. The maximum Gasteiger partial charge on any atom is 0.318 e. The van der Waals surface area contributed by atoms with Crippen molar-refractivity contribution in [3.8, 4) is 5.75 Å². The summed E-state index contributed by atoms with van der Waals surface area (Å²) in [4.78, 5) is 47.9. The molecule has 8 N–H and O–H groups in total. The molecule has 0 radical (unpaired) electrons. The number of primary amides is 1. The molecule has 5 amide bonds. The number of urea groups is 1. The first-order valence-corrected chi connectivity index (χ1v) is 11.9. The number of phenols is 1. The Balaban J connectivity index is 1.48. The van der Waals surface area contributed by atoms with Gasteiger partial charge in [0.05, 0.1) is 12.5 Å². The summed E-state index contributed by atoms with van der Waals surface area (Å²) in [5.74, 6) is -0.941. The molecule has 3 aromatic rings. The molecule has 37 heavy (non-hydrogen) atoms. The summed E-state index contributed by atoms with van der Waals surface area (Å²) in [6.07, 6.45) is 1.55. The summed E-state index contributed by atoms with van der Waals surface area (Å²) in [6.45, 7) is 0.379. The number of carbonyl (C=O) groups is 4. The number of hydrogen-bond donors (Lipinski definition) is 6. The highest BCUT2D eigenvalue weighted by Gasteiger charge is 2.15. The molecule has 194 valence electrons. The number of phenolic OH excluding ortho intramolecular Hbond substituents is 1. The fourth-order valence-electron chi connectivity index (χ4n) is 3.85. The maximum atomic E-state index is 12.6. The first-order valence-electron chi connectivity index (χ1n) is 11.9. The van der Waals surface area contributed by atoms with Crippen molar-refractivity contribution in [2.45, 2.75) is 38.1 Å². The van der Waals surface area contributed by atoms with Gasteiger partial charge in [0.25, 0.3) is 0 Å². The smallest absolute Gasteiger partial charge is 0.318 e. The molecular weight excluding hydrogens is 474 g/mol. The Bertz CT molecular complexity index is 1280. The van der Waals surface area contributed by atoms with E-state index in [0.717, 1.165) is 16.3 Å². The zero-order valence-corrected chi connectivity index (χ0v) is 20.3. The van der Waals surface area contributed by atoms with Crippen molar-refractivity contribution in [1.82, 2.24) is 10.6 Å². The van der Waals surface area contributed by atoms with Crippen molar-refractivity contribution in [3.05, 3.63) is 71.8 Å². The van der Waals surface area contributed by atoms with Gasteiger partial charge in [-0.05, 0) is 65.4 Å². The highest BCUT2D eigenvalue weighted by molar-refractivity contribution is 5.99. The largest absolute Gasteiger partial charge is 0.508 e. The van der Waals surface area contributed by atoms with E-state index in [2.05, 4.69) is 10.6 Å². The summed E-state index contributed by atoms with van der Waals surface area (Å²) in [7, 11) is 0. The number of rotatable bonds is 11. The molecule has 0 saturated heterocycles. The number of aromatic hydroxyl groups is 1. The van der Waals surface area contributed by atoms with Crippen molar-refractivity contribution >= 4 is 40.2 Å². The monoisotopic (exact) mass is 505 g/mol. The third-order valence-electron chi connectivity index (χ3n) is 5.72. The van der Waals surface area contributed by atoms with E-state index in [9.17, 15) is 24.3 Å². The molecule has 0 heterocycles. The Labute approximate surface area is 214 Å². The van der Waals surface area contributed by atoms with Gasteiger partial charge in [-0.25, -0.2) is 4.79 Å². The summed E-state index contributed by atoms with van der Waals surface area (Å²) >= 11 is 0. The van der Waals surface area contributed by atoms with E-state index in [1.165, 1.54) is 0 Å². The minimum atomic E-state index is -0.940. The number of amides is 5. The fourth-order valence-corrected chi connectivity index (χ4v) is 3.85. The topological polar surface area (TPSA) is 177 Å². The Morgan fingerprint density at radius 2 is 1.57 bits per heavy atom. The first-order chi connectivity index (χ1) is 17.7. The second kappa shape index (κ2) is 13.0. The van der Waals surface area contributed by atoms with Gasteiger partial charge in [0, 0.05) is 18.7 Å². The number of imide groups is 1. The van der Waals surface area contributed by atoms with Crippen LogP contribution < -0.4 is 27.4 Å². The van der Waals surface area contributed by atoms with Crippen LogP contribution in [0.1, 0.15) is 30.4 Å². The van der Waals surface area contributed by atoms with Crippen LogP contribution in [0.2, 0.25) is 0 Å². The van der Waals surface area contributed by atoms with Crippen LogP contribution >= 0.6 is 0 Å². The number of unbranched alkanes of at least 4 members (excludes halogenated alkanes) is 1. The number of carbonyl (C=O) groups excluding carboxylic acids is 4. The predicted octanol–water partition coefficient (Wildman–Crippen LogP) is 2.08. The van der Waals surface area contributed by atoms with Crippen molar-refractivity contribution in [2.75, 3.05) is 11.9 Å². The van der Waals surface area contributed by atoms with Crippen molar-refractivity contribution in [2.24, 2.45) is 11.5 Å². The number of nitrogens with two attached hydrogens (primary N) is 2. The van der Waals surface area contributed by atoms with Crippen LogP contribution in [0.4, 0.5) is 10.5 Å². The van der Waals surface area contributed by atoms with Crippen LogP contribution in [0, 0.1) is 0 Å². The maximum absolute atomic E-state index is 12.6. The number of anilines is 1. The van der Waals surface area contributed by atoms with Gasteiger partial charge in [0.2, 0.25) is 17.7 Å². The molecule has 0 fully saturated rings. The molecule has 0 bridgehead atoms. The third kappa shape index (κ3) is 8.62. The molecule has 0 spiro atoms. The molecule has 0 aliphatic rings. The third-order valence-corrected chi connectivity index (χ3v) is 5.72. The van der Waals surface area contributed by atoms with Crippen LogP contribution in [0.15, 0.2) is 60.7 Å². The van der Waals surface area contributed by atoms with Crippen LogP contribution in [0.25, 0.3) is 10.8 Å². The van der Waals surface area contributed by atoms with E-state index in [1.54, 1.807) is 36.4 Å². The van der Waals surface area contributed by atoms with E-state index in [0.29, 0.717) is 37.1 Å². The Morgan fingerprint density at radius 1 is 0.892 bits per heavy atom. The van der Waals surface area contributed by atoms with E-state index in [1.807, 2.05) is 29.6 Å². The summed E-state index contributed by atoms with van der Waals surface area (Å²) in [5.41, 5.74) is 12.9. The van der Waals surface area contributed by atoms with E-state index in [-0.39, 0.29) is 30.4 Å². The molecular formula is C27H31N5O5. The molecule has 0 aromatic heterocycles. The number of nitrogens with one attached hydrogen (secondary N) is 3. The second-order valence-corrected chi connectivity index (χ2v) is 8.72. The van der Waals surface area contributed by atoms with Gasteiger partial charge in [-0.15, -0.1) is 0 Å². The minimum Gasteiger partial charge on any atom is -0.508 e. The standard InChI is InChI=1S/C27H31N5O5/c28-22(13-17-8-10-21(33)11-9-17)26(36)30-12-4-3-7-24(34)31-23-15-19-6-2-1-5-18(19)14-20(23)16-25(35)32-27(29)37/h1-2,5-6,8-11,14-15,22,33H,3-4,7,12-13,16,28H2,(H,30,36)(H,31,34)(H3,29,32,35,37)/t22-/m0/s1. The molecule has 0 aliphatic carbocycles. The van der Waals surface area contributed by atoms with E-state index < -0.39 is 18.0 Å². The highest BCUT2D eigenvalue weighted by atomic mass is 16.3. The quantitative estimate of drug-likeness (QED) is 0.217. The molecule has 3 rings (SSSR count). The lowest BCUT2D eigenvalue weighted by Gasteiger charge is -2.14. The van der Waals surface area contributed by atoms with Crippen LogP contribution in [0.5, 0.6) is 5.75 Å². The van der Waals surface area contributed by atoms with Gasteiger partial charge in [-0.1, -0.05) is 36.4 Å². The zero-order chi connectivity index (χ0) is 26.8. The second-order valence-electron chi connectivity index (χ2n) is 8.72. The summed E-state index contributed by atoms with van der Waals surface area (Å²) in [6, 6.07) is 16.0. The first kappa shape index (κ1) is 27.2. The van der Waals surface area contributed by atoms with Gasteiger partial charge in [-0.2, -0.15) is 0 Å². The molecule has 0 unspecified atom stereocenters. The van der Waals surface area contributed by atoms with Crippen molar-refractivity contribution in [1.29, 1.82) is 0 Å². The lowest BCUT2D eigenvalue weighted by atomic mass is 10.0.